The summed E-state index contributed by atoms with van der Waals surface area (Å²) in [5.41, 5.74) is 9.22. The molecule has 14 heteroatoms. The Morgan fingerprint density at radius 3 is 2.26 bits per heavy atom. The van der Waals surface area contributed by atoms with Gasteiger partial charge in [0, 0.05) is 48.0 Å². The third-order valence-corrected chi connectivity index (χ3v) is 6.19. The van der Waals surface area contributed by atoms with Gasteiger partial charge in [0.1, 0.15) is 24.2 Å². The van der Waals surface area contributed by atoms with Crippen LogP contribution >= 0.6 is 0 Å². The van der Waals surface area contributed by atoms with Crippen molar-refractivity contribution in [1.29, 1.82) is 0 Å². The van der Waals surface area contributed by atoms with Crippen LogP contribution < -0.4 is 15.4 Å². The maximum Gasteiger partial charge on any atom is 0.514 e. The number of non-ortho nitro benzene ring substituents is 1. The number of azide groups is 1. The average molecular weight is 583 g/mol. The number of Topliss-reactive ketones (excluding diaryl/α,β-unsaturated/α-hetero) is 1. The predicted molar refractivity (Wildman–Crippen MR) is 152 cm³/mol. The topological polar surface area (TPSA) is 203 Å². The number of nitrogens with one attached hydrogen (secondary N) is 2. The molecule has 0 spiro atoms. The van der Waals surface area contributed by atoms with Crippen molar-refractivity contribution in [3.63, 3.8) is 0 Å². The monoisotopic (exact) mass is 582 g/mol. The first-order valence-electron chi connectivity index (χ1n) is 13.3. The molecule has 2 amide bonds. The van der Waals surface area contributed by atoms with Crippen LogP contribution in [0, 0.1) is 22.0 Å². The predicted octanol–water partition coefficient (Wildman–Crippen LogP) is 5.47. The minimum atomic E-state index is -0.988. The summed E-state index contributed by atoms with van der Waals surface area (Å²) in [6.45, 7) is 5.42. The van der Waals surface area contributed by atoms with Crippen LogP contribution in [0.15, 0.2) is 53.6 Å². The standard InChI is InChI=1S/C28H34N6O8/c1-18(2)25(16-23(35)6-4-5-15-30-33-29)27(37)31-19(3)26(36)32-21-9-7-20(8-10-21)17-41-28(38)42-24-13-11-22(12-14-24)34(39)40/h7-14,18-19,25H,4-6,15-17H2,1-3H3,(H,31,37)(H,32,36)/t19-,25-/m0/s1. The van der Waals surface area contributed by atoms with Gasteiger partial charge in [-0.2, -0.15) is 0 Å². The van der Waals surface area contributed by atoms with E-state index in [9.17, 15) is 29.3 Å². The molecule has 0 unspecified atom stereocenters. The minimum Gasteiger partial charge on any atom is -0.429 e. The largest absolute Gasteiger partial charge is 0.514 e. The first kappa shape index (κ1) is 33.2. The Morgan fingerprint density at radius 2 is 1.67 bits per heavy atom. The second kappa shape index (κ2) is 17.0. The maximum atomic E-state index is 12.9. The molecule has 0 aromatic heterocycles. The lowest BCUT2D eigenvalue weighted by molar-refractivity contribution is -0.384. The number of unbranched alkanes of at least 4 members (excludes halogenated alkanes) is 1. The third kappa shape index (κ3) is 11.6. The van der Waals surface area contributed by atoms with Crippen molar-refractivity contribution in [3.05, 3.63) is 74.7 Å². The Balaban J connectivity index is 1.80. The number of nitro benzene ring substituents is 1. The smallest absolute Gasteiger partial charge is 0.429 e. The van der Waals surface area contributed by atoms with Crippen LogP contribution in [0.25, 0.3) is 10.4 Å². The molecule has 0 fully saturated rings. The van der Waals surface area contributed by atoms with Crippen LogP contribution in [0.4, 0.5) is 16.2 Å². The van der Waals surface area contributed by atoms with Gasteiger partial charge in [0.05, 0.1) is 4.92 Å². The van der Waals surface area contributed by atoms with Gasteiger partial charge in [-0.25, -0.2) is 4.79 Å². The van der Waals surface area contributed by atoms with Gasteiger partial charge in [0.2, 0.25) is 11.8 Å². The molecular formula is C28H34N6O8. The highest BCUT2D eigenvalue weighted by molar-refractivity contribution is 5.97. The van der Waals surface area contributed by atoms with Gasteiger partial charge in [-0.15, -0.1) is 0 Å². The molecular weight excluding hydrogens is 548 g/mol. The number of amides is 2. The average Bonchev–Trinajstić information content (AvgIpc) is 2.95. The summed E-state index contributed by atoms with van der Waals surface area (Å²) in [5, 5.41) is 19.5. The van der Waals surface area contributed by atoms with Gasteiger partial charge in [-0.1, -0.05) is 31.1 Å². The number of nitrogens with zero attached hydrogens (tertiary/aromatic N) is 4. The maximum absolute atomic E-state index is 12.9. The lowest BCUT2D eigenvalue weighted by atomic mass is 9.88. The Bertz CT molecular complexity index is 1290. The summed E-state index contributed by atoms with van der Waals surface area (Å²) >= 11 is 0. The number of hydrogen-bond donors (Lipinski definition) is 2. The number of carbonyl (C=O) groups is 4. The van der Waals surface area contributed by atoms with Crippen molar-refractivity contribution in [3.8, 4) is 5.75 Å². The Morgan fingerprint density at radius 1 is 1.00 bits per heavy atom. The summed E-state index contributed by atoms with van der Waals surface area (Å²) < 4.78 is 10.0. The third-order valence-electron chi connectivity index (χ3n) is 6.19. The normalized spacial score (nSPS) is 11.9. The zero-order valence-electron chi connectivity index (χ0n) is 23.6. The molecule has 0 aliphatic rings. The molecule has 0 radical (unpaired) electrons. The second-order valence-electron chi connectivity index (χ2n) is 9.81. The summed E-state index contributed by atoms with van der Waals surface area (Å²) in [5.74, 6) is -1.51. The Kier molecular flexibility index (Phi) is 13.4. The van der Waals surface area contributed by atoms with Crippen molar-refractivity contribution >= 4 is 35.1 Å². The van der Waals surface area contributed by atoms with E-state index < -0.39 is 28.9 Å². The molecule has 2 atom stereocenters. The fourth-order valence-corrected chi connectivity index (χ4v) is 3.75. The van der Waals surface area contributed by atoms with E-state index in [1.807, 2.05) is 13.8 Å². The van der Waals surface area contributed by atoms with E-state index >= 15 is 0 Å². The van der Waals surface area contributed by atoms with Crippen LogP contribution in [-0.4, -0.2) is 41.3 Å². The first-order chi connectivity index (χ1) is 20.0. The zero-order chi connectivity index (χ0) is 31.1. The molecule has 0 aliphatic heterocycles. The molecule has 14 nitrogen and oxygen atoms in total. The molecule has 0 saturated carbocycles. The highest BCUT2D eigenvalue weighted by Crippen LogP contribution is 2.20. The van der Waals surface area contributed by atoms with Crippen LogP contribution in [0.1, 0.15) is 52.0 Å². The van der Waals surface area contributed by atoms with Gasteiger partial charge in [-0.05, 0) is 61.0 Å². The van der Waals surface area contributed by atoms with Crippen molar-refractivity contribution in [1.82, 2.24) is 5.32 Å². The van der Waals surface area contributed by atoms with E-state index in [0.29, 0.717) is 30.6 Å². The van der Waals surface area contributed by atoms with Crippen LogP contribution in [0.2, 0.25) is 0 Å². The molecule has 2 N–H and O–H groups in total. The molecule has 0 aliphatic carbocycles. The van der Waals surface area contributed by atoms with Crippen molar-refractivity contribution in [2.24, 2.45) is 17.0 Å². The highest BCUT2D eigenvalue weighted by Gasteiger charge is 2.27. The number of nitro groups is 1. The van der Waals surface area contributed by atoms with E-state index in [2.05, 4.69) is 20.7 Å². The second-order valence-corrected chi connectivity index (χ2v) is 9.81. The lowest BCUT2D eigenvalue weighted by Crippen LogP contribution is -2.45. The van der Waals surface area contributed by atoms with Gasteiger partial charge in [0.25, 0.3) is 5.69 Å². The molecule has 42 heavy (non-hydrogen) atoms. The summed E-state index contributed by atoms with van der Waals surface area (Å²) in [4.78, 5) is 62.6. The number of carbonyl (C=O) groups excluding carboxylic acids is 4. The SMILES string of the molecule is CC(C)[C@H](CC(=O)CCCCN=[N+]=[N-])C(=O)N[C@@H](C)C(=O)Nc1ccc(COC(=O)Oc2ccc([N+](=O)[O-])cc2)cc1. The van der Waals surface area contributed by atoms with Crippen LogP contribution in [0.3, 0.4) is 0 Å². The Hall–Kier alpha value is -4.97. The van der Waals surface area contributed by atoms with Crippen molar-refractivity contribution in [2.45, 2.75) is 59.1 Å². The summed E-state index contributed by atoms with van der Waals surface area (Å²) in [6.07, 6.45) is 0.522. The van der Waals surface area contributed by atoms with E-state index in [-0.39, 0.29) is 48.5 Å². The van der Waals surface area contributed by atoms with Gasteiger partial charge in [0.15, 0.2) is 0 Å². The highest BCUT2D eigenvalue weighted by atomic mass is 16.7. The first-order valence-corrected chi connectivity index (χ1v) is 13.3. The van der Waals surface area contributed by atoms with E-state index in [1.54, 1.807) is 31.2 Å². The number of ketones is 1. The minimum absolute atomic E-state index is 0.0598. The number of benzene rings is 2. The molecule has 2 aromatic carbocycles. The van der Waals surface area contributed by atoms with Crippen LogP contribution in [-0.2, 0) is 25.7 Å². The van der Waals surface area contributed by atoms with E-state index in [1.165, 1.54) is 24.3 Å². The summed E-state index contributed by atoms with van der Waals surface area (Å²) in [7, 11) is 0. The van der Waals surface area contributed by atoms with E-state index in [0.717, 1.165) is 0 Å². The number of rotatable bonds is 16. The number of hydrogen-bond acceptors (Lipinski definition) is 9. The van der Waals surface area contributed by atoms with Crippen molar-refractivity contribution < 1.29 is 33.6 Å². The molecule has 2 rings (SSSR count). The van der Waals surface area contributed by atoms with Crippen LogP contribution in [0.5, 0.6) is 5.75 Å². The molecule has 0 bridgehead atoms. The number of ether oxygens (including phenoxy) is 2. The van der Waals surface area contributed by atoms with Gasteiger partial charge in [-0.3, -0.25) is 24.5 Å². The van der Waals surface area contributed by atoms with Gasteiger partial charge >= 0.3 is 6.16 Å². The molecule has 0 heterocycles. The van der Waals surface area contributed by atoms with Crippen molar-refractivity contribution in [2.75, 3.05) is 11.9 Å². The van der Waals surface area contributed by atoms with E-state index in [4.69, 9.17) is 15.0 Å². The fourth-order valence-electron chi connectivity index (χ4n) is 3.75. The Labute approximate surface area is 242 Å². The molecule has 2 aromatic rings. The molecule has 224 valence electrons. The quantitative estimate of drug-likeness (QED) is 0.0379. The zero-order valence-corrected chi connectivity index (χ0v) is 23.6. The number of anilines is 1. The van der Waals surface area contributed by atoms with Gasteiger partial charge < -0.3 is 20.1 Å². The lowest BCUT2D eigenvalue weighted by Gasteiger charge is -2.22. The fraction of sp³-hybridized carbons (Fsp3) is 0.429. The summed E-state index contributed by atoms with van der Waals surface area (Å²) in [6, 6.07) is 10.6. The molecule has 0 saturated heterocycles.